The molecule has 0 rings (SSSR count). The largest absolute Gasteiger partial charge is 0.462 e. The van der Waals surface area contributed by atoms with Crippen LogP contribution in [0.15, 0.2) is 85.1 Å². The molecule has 0 N–H and O–H groups in total. The molecule has 0 spiro atoms. The number of esters is 3. The van der Waals surface area contributed by atoms with Crippen molar-refractivity contribution in [3.63, 3.8) is 0 Å². The first-order valence-corrected chi connectivity index (χ1v) is 24.1. The lowest BCUT2D eigenvalue weighted by Gasteiger charge is -2.18. The van der Waals surface area contributed by atoms with Gasteiger partial charge in [0.15, 0.2) is 6.10 Å². The van der Waals surface area contributed by atoms with E-state index in [1.165, 1.54) is 64.2 Å². The van der Waals surface area contributed by atoms with Crippen LogP contribution in [0, 0.1) is 0 Å². The van der Waals surface area contributed by atoms with Crippen molar-refractivity contribution in [1.82, 2.24) is 0 Å². The molecule has 0 radical (unpaired) electrons. The second kappa shape index (κ2) is 47.3. The average Bonchev–Trinajstić information content (AvgIpc) is 3.23. The van der Waals surface area contributed by atoms with Crippen molar-refractivity contribution in [2.24, 2.45) is 0 Å². The molecule has 0 saturated heterocycles. The lowest BCUT2D eigenvalue weighted by molar-refractivity contribution is -0.167. The fraction of sp³-hybridized carbons (Fsp3) is 0.679. The first-order chi connectivity index (χ1) is 29.0. The van der Waals surface area contributed by atoms with Gasteiger partial charge in [0, 0.05) is 19.3 Å². The number of hydrogen-bond donors (Lipinski definition) is 0. The Bertz CT molecular complexity index is 1170. The van der Waals surface area contributed by atoms with Gasteiger partial charge < -0.3 is 14.2 Å². The van der Waals surface area contributed by atoms with E-state index in [4.69, 9.17) is 14.2 Å². The van der Waals surface area contributed by atoms with Crippen molar-refractivity contribution in [1.29, 1.82) is 0 Å². The van der Waals surface area contributed by atoms with Gasteiger partial charge in [0.1, 0.15) is 13.2 Å². The third kappa shape index (κ3) is 45.5. The van der Waals surface area contributed by atoms with E-state index < -0.39 is 6.10 Å². The summed E-state index contributed by atoms with van der Waals surface area (Å²) >= 11 is 0. The minimum atomic E-state index is -0.802. The van der Waals surface area contributed by atoms with Crippen LogP contribution in [0.3, 0.4) is 0 Å². The Labute approximate surface area is 363 Å². The highest BCUT2D eigenvalue weighted by atomic mass is 16.6. The van der Waals surface area contributed by atoms with Crippen molar-refractivity contribution in [3.8, 4) is 0 Å². The van der Waals surface area contributed by atoms with E-state index in [1.54, 1.807) is 0 Å². The fourth-order valence-corrected chi connectivity index (χ4v) is 6.33. The summed E-state index contributed by atoms with van der Waals surface area (Å²) in [7, 11) is 0. The molecule has 6 heteroatoms. The van der Waals surface area contributed by atoms with Gasteiger partial charge in [0.05, 0.1) is 0 Å². The maximum absolute atomic E-state index is 12.7. The first-order valence-electron chi connectivity index (χ1n) is 24.1. The summed E-state index contributed by atoms with van der Waals surface area (Å²) in [6.07, 6.45) is 60.0. The predicted octanol–water partition coefficient (Wildman–Crippen LogP) is 15.6. The minimum absolute atomic E-state index is 0.105. The lowest BCUT2D eigenvalue weighted by Crippen LogP contribution is -2.30. The number of unbranched alkanes of at least 4 members (excludes halogenated alkanes) is 17. The number of carbonyl (C=O) groups is 3. The molecule has 1 unspecified atom stereocenters. The van der Waals surface area contributed by atoms with E-state index in [-0.39, 0.29) is 31.1 Å². The maximum atomic E-state index is 12.7. The molecular weight excluding hydrogens is 733 g/mol. The number of rotatable bonds is 42. The number of carbonyl (C=O) groups excluding carboxylic acids is 3. The van der Waals surface area contributed by atoms with Crippen LogP contribution in [0.5, 0.6) is 0 Å². The Balaban J connectivity index is 4.48. The zero-order valence-corrected chi connectivity index (χ0v) is 38.2. The van der Waals surface area contributed by atoms with Gasteiger partial charge in [-0.2, -0.15) is 0 Å². The quantitative estimate of drug-likeness (QED) is 0.0264. The van der Waals surface area contributed by atoms with Crippen LogP contribution < -0.4 is 0 Å². The second-order valence-electron chi connectivity index (χ2n) is 15.6. The van der Waals surface area contributed by atoms with Crippen LogP contribution in [0.1, 0.15) is 213 Å². The normalized spacial score (nSPS) is 12.8. The van der Waals surface area contributed by atoms with E-state index in [2.05, 4.69) is 106 Å². The van der Waals surface area contributed by atoms with Gasteiger partial charge in [-0.05, 0) is 89.9 Å². The molecule has 0 aliphatic rings. The fourth-order valence-electron chi connectivity index (χ4n) is 6.33. The molecule has 336 valence electrons. The Morgan fingerprint density at radius 1 is 0.356 bits per heavy atom. The topological polar surface area (TPSA) is 78.9 Å². The molecule has 0 fully saturated rings. The summed E-state index contributed by atoms with van der Waals surface area (Å²) < 4.78 is 16.7. The van der Waals surface area contributed by atoms with Crippen molar-refractivity contribution < 1.29 is 28.6 Å². The number of ether oxygens (including phenoxy) is 3. The van der Waals surface area contributed by atoms with Gasteiger partial charge in [-0.25, -0.2) is 0 Å². The molecule has 6 nitrogen and oxygen atoms in total. The summed E-state index contributed by atoms with van der Waals surface area (Å²) in [6, 6.07) is 0. The molecule has 0 amide bonds. The van der Waals surface area contributed by atoms with Crippen LogP contribution in [-0.2, 0) is 28.6 Å². The van der Waals surface area contributed by atoms with Crippen LogP contribution in [0.4, 0.5) is 0 Å². The van der Waals surface area contributed by atoms with Gasteiger partial charge in [-0.15, -0.1) is 0 Å². The Morgan fingerprint density at radius 3 is 1.07 bits per heavy atom. The van der Waals surface area contributed by atoms with Crippen molar-refractivity contribution in [2.45, 2.75) is 219 Å². The standard InChI is InChI=1S/C53H88O6/c1-4-7-10-13-16-19-22-25-26-27-29-31-34-37-40-43-46-52(55)58-49-50(48-57-51(54)45-42-39-36-33-30-24-21-18-15-12-9-6-3)59-53(56)47-44-41-38-35-32-28-23-20-17-14-11-8-5-2/h7,9-10,12,16,18-19,21,25-26,29-31,33,50H,4-6,8,11,13-15,17,20,22-24,27-28,32,34-49H2,1-3H3/b10-7-,12-9-,19-16-,21-18-,26-25-,31-29-,33-30-. The van der Waals surface area contributed by atoms with Crippen molar-refractivity contribution in [2.75, 3.05) is 13.2 Å². The van der Waals surface area contributed by atoms with E-state index in [9.17, 15) is 14.4 Å². The molecular formula is C53H88O6. The summed E-state index contributed by atoms with van der Waals surface area (Å²) in [4.78, 5) is 37.8. The maximum Gasteiger partial charge on any atom is 0.306 e. The SMILES string of the molecule is CC/C=C\C/C=C\C/C=C\C/C=C\CCCCCC(=O)OCC(COC(=O)CCCC/C=C\C/C=C\C/C=C\CC)OC(=O)CCCCCCCCCCCCCCC. The first kappa shape index (κ1) is 55.6. The number of hydrogen-bond acceptors (Lipinski definition) is 6. The van der Waals surface area contributed by atoms with Gasteiger partial charge in [-0.1, -0.05) is 189 Å². The molecule has 0 aromatic heterocycles. The summed E-state index contributed by atoms with van der Waals surface area (Å²) in [5.41, 5.74) is 0. The molecule has 1 atom stereocenters. The highest BCUT2D eigenvalue weighted by Gasteiger charge is 2.19. The lowest BCUT2D eigenvalue weighted by atomic mass is 10.0. The molecule has 0 heterocycles. The monoisotopic (exact) mass is 821 g/mol. The van der Waals surface area contributed by atoms with E-state index >= 15 is 0 Å². The Kier molecular flexibility index (Phi) is 44.5. The average molecular weight is 821 g/mol. The Hall–Kier alpha value is -3.41. The molecule has 0 aliphatic carbocycles. The zero-order valence-electron chi connectivity index (χ0n) is 38.2. The highest BCUT2D eigenvalue weighted by molar-refractivity contribution is 5.71. The zero-order chi connectivity index (χ0) is 43.0. The summed E-state index contributed by atoms with van der Waals surface area (Å²) in [6.45, 7) is 6.33. The van der Waals surface area contributed by atoms with E-state index in [0.29, 0.717) is 19.3 Å². The van der Waals surface area contributed by atoms with Crippen molar-refractivity contribution >= 4 is 17.9 Å². The highest BCUT2D eigenvalue weighted by Crippen LogP contribution is 2.14. The third-order valence-corrected chi connectivity index (χ3v) is 9.90. The summed E-state index contributed by atoms with van der Waals surface area (Å²) in [5.74, 6) is -0.976. The molecule has 0 saturated carbocycles. The molecule has 0 aromatic rings. The molecule has 0 aromatic carbocycles. The molecule has 0 aliphatic heterocycles. The van der Waals surface area contributed by atoms with Gasteiger partial charge in [-0.3, -0.25) is 14.4 Å². The predicted molar refractivity (Wildman–Crippen MR) is 251 cm³/mol. The third-order valence-electron chi connectivity index (χ3n) is 9.90. The van der Waals surface area contributed by atoms with Crippen LogP contribution in [-0.4, -0.2) is 37.2 Å². The minimum Gasteiger partial charge on any atom is -0.462 e. The molecule has 0 bridgehead atoms. The number of allylic oxidation sites excluding steroid dienone is 14. The van der Waals surface area contributed by atoms with Gasteiger partial charge in [0.25, 0.3) is 0 Å². The summed E-state index contributed by atoms with van der Waals surface area (Å²) in [5, 5.41) is 0. The van der Waals surface area contributed by atoms with Crippen LogP contribution >= 0.6 is 0 Å². The van der Waals surface area contributed by atoms with E-state index in [1.807, 2.05) is 0 Å². The molecule has 59 heavy (non-hydrogen) atoms. The van der Waals surface area contributed by atoms with E-state index in [0.717, 1.165) is 109 Å². The van der Waals surface area contributed by atoms with Crippen LogP contribution in [0.2, 0.25) is 0 Å². The van der Waals surface area contributed by atoms with Gasteiger partial charge in [0.2, 0.25) is 0 Å². The Morgan fingerprint density at radius 2 is 0.661 bits per heavy atom. The van der Waals surface area contributed by atoms with Crippen molar-refractivity contribution in [3.05, 3.63) is 85.1 Å². The van der Waals surface area contributed by atoms with Crippen LogP contribution in [0.25, 0.3) is 0 Å². The second-order valence-corrected chi connectivity index (χ2v) is 15.6. The van der Waals surface area contributed by atoms with Gasteiger partial charge >= 0.3 is 17.9 Å². The smallest absolute Gasteiger partial charge is 0.306 e.